The summed E-state index contributed by atoms with van der Waals surface area (Å²) in [5.41, 5.74) is 1.37. The van der Waals surface area contributed by atoms with Gasteiger partial charge >= 0.3 is 0 Å². The summed E-state index contributed by atoms with van der Waals surface area (Å²) in [6, 6.07) is 13.6. The molecule has 0 saturated heterocycles. The van der Waals surface area contributed by atoms with E-state index >= 15 is 0 Å². The molecule has 0 aliphatic rings. The van der Waals surface area contributed by atoms with E-state index in [1.54, 1.807) is 42.5 Å². The summed E-state index contributed by atoms with van der Waals surface area (Å²) in [7, 11) is 5.57. The molecule has 2 aromatic rings. The first kappa shape index (κ1) is 12.5. The number of hydrogen-bond acceptors (Lipinski definition) is 3. The number of phenolic OH excluding ortho intramolecular Hbond substituents is 1. The van der Waals surface area contributed by atoms with E-state index in [-0.39, 0.29) is 12.4 Å². The largest absolute Gasteiger partial charge is 0.504 e. The molecular weight excluding hydrogens is 227 g/mol. The van der Waals surface area contributed by atoms with Crippen LogP contribution in [-0.4, -0.2) is 24.7 Å². The predicted octanol–water partition coefficient (Wildman–Crippen LogP) is 1.30. The van der Waals surface area contributed by atoms with Gasteiger partial charge in [0.1, 0.15) is 20.6 Å². The molecule has 2 N–H and O–H groups in total. The molecule has 0 fully saturated rings. The molecule has 3 nitrogen and oxygen atoms in total. The summed E-state index contributed by atoms with van der Waals surface area (Å²) in [6.45, 7) is 0.0709. The number of phenols is 1. The van der Waals surface area contributed by atoms with E-state index < -0.39 is 6.10 Å². The van der Waals surface area contributed by atoms with Gasteiger partial charge in [0.2, 0.25) is 0 Å². The van der Waals surface area contributed by atoms with Gasteiger partial charge in [0.25, 0.3) is 0 Å². The normalized spacial score (nSPS) is 12.1. The smallest absolute Gasteiger partial charge is 0.161 e. The number of aromatic hydroxyl groups is 1. The van der Waals surface area contributed by atoms with Crippen LogP contribution in [-0.2, 0) is 0 Å². The van der Waals surface area contributed by atoms with Crippen LogP contribution in [0.1, 0.15) is 11.7 Å². The zero-order valence-corrected chi connectivity index (χ0v) is 9.78. The van der Waals surface area contributed by atoms with Crippen LogP contribution >= 0.6 is 0 Å². The first-order valence-electron chi connectivity index (χ1n) is 5.61. The first-order valence-corrected chi connectivity index (χ1v) is 5.61. The van der Waals surface area contributed by atoms with Gasteiger partial charge in [-0.25, -0.2) is 0 Å². The first-order chi connectivity index (χ1) is 8.66. The van der Waals surface area contributed by atoms with E-state index in [2.05, 4.69) is 0 Å². The summed E-state index contributed by atoms with van der Waals surface area (Å²) < 4.78 is 5.35. The molecule has 0 saturated carbocycles. The maximum absolute atomic E-state index is 9.92. The van der Waals surface area contributed by atoms with Crippen molar-refractivity contribution < 1.29 is 14.9 Å². The van der Waals surface area contributed by atoms with Gasteiger partial charge in [0, 0.05) is 0 Å². The Bertz CT molecular complexity index is 511. The minimum absolute atomic E-state index is 0.0574. The highest BCUT2D eigenvalue weighted by atomic mass is 16.5. The minimum Gasteiger partial charge on any atom is -0.504 e. The average molecular weight is 240 g/mol. The molecule has 0 bridgehead atoms. The Hall–Kier alpha value is -1.94. The number of aliphatic hydroxyl groups excluding tert-OH is 1. The third-order valence-corrected chi connectivity index (χ3v) is 2.58. The van der Waals surface area contributed by atoms with E-state index in [0.717, 1.165) is 5.56 Å². The highest BCUT2D eigenvalue weighted by Gasteiger charge is 2.09. The molecule has 0 aliphatic carbocycles. The second-order valence-corrected chi connectivity index (χ2v) is 3.96. The van der Waals surface area contributed by atoms with Gasteiger partial charge in [0.15, 0.2) is 11.5 Å². The Morgan fingerprint density at radius 2 is 1.72 bits per heavy atom. The van der Waals surface area contributed by atoms with Crippen molar-refractivity contribution >= 4 is 13.3 Å². The molecule has 4 heteroatoms. The third-order valence-electron chi connectivity index (χ3n) is 2.58. The van der Waals surface area contributed by atoms with Crippen molar-refractivity contribution in [2.75, 3.05) is 6.61 Å². The minimum atomic E-state index is -0.759. The van der Waals surface area contributed by atoms with Crippen molar-refractivity contribution in [3.63, 3.8) is 0 Å². The number of ether oxygens (including phenoxy) is 1. The molecule has 0 aliphatic heterocycles. The van der Waals surface area contributed by atoms with Crippen LogP contribution in [0.25, 0.3) is 0 Å². The molecular formula is C14H13BO3. The van der Waals surface area contributed by atoms with Crippen LogP contribution in [0.3, 0.4) is 0 Å². The van der Waals surface area contributed by atoms with E-state index in [1.165, 1.54) is 6.07 Å². The van der Waals surface area contributed by atoms with Gasteiger partial charge in [-0.1, -0.05) is 41.9 Å². The summed E-state index contributed by atoms with van der Waals surface area (Å²) in [5, 5.41) is 19.4. The van der Waals surface area contributed by atoms with Crippen molar-refractivity contribution in [3.8, 4) is 11.5 Å². The Labute approximate surface area is 107 Å². The summed E-state index contributed by atoms with van der Waals surface area (Å²) in [4.78, 5) is 0. The van der Waals surface area contributed by atoms with Gasteiger partial charge < -0.3 is 14.9 Å². The molecule has 0 aromatic heterocycles. The second kappa shape index (κ2) is 5.60. The number of rotatable bonds is 4. The Kier molecular flexibility index (Phi) is 3.90. The zero-order chi connectivity index (χ0) is 13.0. The number of para-hydroxylation sites is 2. The maximum Gasteiger partial charge on any atom is 0.161 e. The summed E-state index contributed by atoms with van der Waals surface area (Å²) >= 11 is 0. The molecule has 2 aromatic carbocycles. The monoisotopic (exact) mass is 240 g/mol. The molecule has 2 radical (unpaired) electrons. The van der Waals surface area contributed by atoms with Gasteiger partial charge in [-0.15, -0.1) is 0 Å². The van der Waals surface area contributed by atoms with Crippen LogP contribution < -0.4 is 10.2 Å². The SMILES string of the molecule is [B]c1ccc(C(O)COc2ccccc2O)cc1. The number of hydrogen-bond donors (Lipinski definition) is 2. The topological polar surface area (TPSA) is 49.7 Å². The highest BCUT2D eigenvalue weighted by Crippen LogP contribution is 2.25. The lowest BCUT2D eigenvalue weighted by atomic mass is 9.94. The Balaban J connectivity index is 1.98. The third kappa shape index (κ3) is 3.05. The number of aliphatic hydroxyl groups is 1. The summed E-state index contributed by atoms with van der Waals surface area (Å²) in [6.07, 6.45) is -0.759. The van der Waals surface area contributed by atoms with Crippen LogP contribution in [0.5, 0.6) is 11.5 Å². The fourth-order valence-corrected chi connectivity index (χ4v) is 1.56. The van der Waals surface area contributed by atoms with Gasteiger partial charge in [-0.3, -0.25) is 0 Å². The average Bonchev–Trinajstić information content (AvgIpc) is 2.38. The fraction of sp³-hybridized carbons (Fsp3) is 0.143. The molecule has 0 heterocycles. The quantitative estimate of drug-likeness (QED) is 0.792. The van der Waals surface area contributed by atoms with Crippen LogP contribution in [0.2, 0.25) is 0 Å². The summed E-state index contributed by atoms with van der Waals surface area (Å²) in [5.74, 6) is 0.411. The molecule has 0 spiro atoms. The lowest BCUT2D eigenvalue weighted by Crippen LogP contribution is -2.11. The molecule has 0 amide bonds. The van der Waals surface area contributed by atoms with Gasteiger partial charge in [0.05, 0.1) is 0 Å². The lowest BCUT2D eigenvalue weighted by Gasteiger charge is -2.13. The van der Waals surface area contributed by atoms with Crippen LogP contribution in [0, 0.1) is 0 Å². The molecule has 1 atom stereocenters. The van der Waals surface area contributed by atoms with Crippen molar-refractivity contribution in [2.45, 2.75) is 6.10 Å². The molecule has 2 rings (SSSR count). The fourth-order valence-electron chi connectivity index (χ4n) is 1.56. The molecule has 90 valence electrons. The lowest BCUT2D eigenvalue weighted by molar-refractivity contribution is 0.106. The van der Waals surface area contributed by atoms with E-state index in [1.807, 2.05) is 0 Å². The van der Waals surface area contributed by atoms with Gasteiger partial charge in [-0.2, -0.15) is 0 Å². The predicted molar refractivity (Wildman–Crippen MR) is 70.4 cm³/mol. The van der Waals surface area contributed by atoms with E-state index in [0.29, 0.717) is 11.2 Å². The van der Waals surface area contributed by atoms with Gasteiger partial charge in [-0.05, 0) is 17.7 Å². The van der Waals surface area contributed by atoms with E-state index in [9.17, 15) is 10.2 Å². The second-order valence-electron chi connectivity index (χ2n) is 3.96. The highest BCUT2D eigenvalue weighted by molar-refractivity contribution is 6.32. The van der Waals surface area contributed by atoms with E-state index in [4.69, 9.17) is 12.6 Å². The maximum atomic E-state index is 9.92. The molecule has 1 unspecified atom stereocenters. The van der Waals surface area contributed by atoms with Crippen LogP contribution in [0.4, 0.5) is 0 Å². The Morgan fingerprint density at radius 1 is 1.06 bits per heavy atom. The van der Waals surface area contributed by atoms with Crippen molar-refractivity contribution in [2.24, 2.45) is 0 Å². The zero-order valence-electron chi connectivity index (χ0n) is 9.78. The number of benzene rings is 2. The van der Waals surface area contributed by atoms with Crippen LogP contribution in [0.15, 0.2) is 48.5 Å². The van der Waals surface area contributed by atoms with Crippen molar-refractivity contribution in [3.05, 3.63) is 54.1 Å². The van der Waals surface area contributed by atoms with Crippen molar-refractivity contribution in [1.29, 1.82) is 0 Å². The Morgan fingerprint density at radius 3 is 2.39 bits per heavy atom. The molecule has 18 heavy (non-hydrogen) atoms. The standard InChI is InChI=1S/C14H13BO3/c15-11-7-5-10(6-8-11)13(17)9-18-14-4-2-1-3-12(14)16/h1-8,13,16-17H,9H2. The van der Waals surface area contributed by atoms with Crippen molar-refractivity contribution in [1.82, 2.24) is 0 Å².